The molecule has 8 heteroatoms. The topological polar surface area (TPSA) is 55.3 Å². The fraction of sp³-hybridized carbons (Fsp3) is 0.583. The second-order valence-corrected chi connectivity index (χ2v) is 4.55. The Morgan fingerprint density at radius 2 is 2.15 bits per heavy atom. The van der Waals surface area contributed by atoms with E-state index in [2.05, 4.69) is 9.97 Å². The number of hydrogen-bond donors (Lipinski definition) is 0. The van der Waals surface area contributed by atoms with Crippen LogP contribution in [0.15, 0.2) is 6.07 Å². The van der Waals surface area contributed by atoms with E-state index in [0.29, 0.717) is 13.2 Å². The molecule has 1 atom stereocenters. The first kappa shape index (κ1) is 14.7. The molecule has 0 radical (unpaired) electrons. The van der Waals surface area contributed by atoms with Gasteiger partial charge in [0.1, 0.15) is 11.7 Å². The Morgan fingerprint density at radius 3 is 2.75 bits per heavy atom. The number of nitrogens with zero attached hydrogens (tertiary/aromatic N) is 3. The third-order valence-electron chi connectivity index (χ3n) is 2.99. The van der Waals surface area contributed by atoms with Crippen molar-refractivity contribution in [2.24, 2.45) is 0 Å². The Morgan fingerprint density at radius 1 is 1.45 bits per heavy atom. The van der Waals surface area contributed by atoms with Crippen LogP contribution in [-0.2, 0) is 15.7 Å². The molecular formula is C12H14F3N3O2. The van der Waals surface area contributed by atoms with Crippen molar-refractivity contribution in [1.82, 2.24) is 14.9 Å². The van der Waals surface area contributed by atoms with Crippen LogP contribution in [0.25, 0.3) is 0 Å². The normalized spacial score (nSPS) is 20.1. The monoisotopic (exact) mass is 289 g/mol. The molecule has 0 aromatic carbocycles. The number of carbonyl (C=O) groups is 1. The Labute approximate surface area is 113 Å². The number of rotatable bonds is 1. The van der Waals surface area contributed by atoms with Gasteiger partial charge in [-0.1, -0.05) is 0 Å². The molecule has 1 amide bonds. The molecule has 1 aliphatic heterocycles. The van der Waals surface area contributed by atoms with Gasteiger partial charge in [0.05, 0.1) is 13.2 Å². The van der Waals surface area contributed by atoms with Gasteiger partial charge in [-0.3, -0.25) is 4.79 Å². The average Bonchev–Trinajstić information content (AvgIpc) is 2.37. The van der Waals surface area contributed by atoms with Crippen LogP contribution in [0, 0.1) is 6.92 Å². The smallest absolute Gasteiger partial charge is 0.377 e. The van der Waals surface area contributed by atoms with Crippen LogP contribution in [0.1, 0.15) is 30.2 Å². The highest BCUT2D eigenvalue weighted by molar-refractivity contribution is 5.73. The molecular weight excluding hydrogens is 275 g/mol. The van der Waals surface area contributed by atoms with E-state index in [1.807, 2.05) is 0 Å². The Balaban J connectivity index is 2.40. The van der Waals surface area contributed by atoms with Crippen molar-refractivity contribution in [3.63, 3.8) is 0 Å². The van der Waals surface area contributed by atoms with E-state index in [1.165, 1.54) is 18.7 Å². The number of aryl methyl sites for hydroxylation is 1. The summed E-state index contributed by atoms with van der Waals surface area (Å²) in [6.45, 7) is 3.59. The van der Waals surface area contributed by atoms with E-state index >= 15 is 0 Å². The fourth-order valence-electron chi connectivity index (χ4n) is 2.08. The molecule has 1 aromatic rings. The zero-order valence-electron chi connectivity index (χ0n) is 11.1. The Bertz CT molecular complexity index is 519. The maximum Gasteiger partial charge on any atom is 0.433 e. The SMILES string of the molecule is CC(=O)N1CCOCC1c1nc(C)cc(C(F)(F)F)n1. The van der Waals surface area contributed by atoms with Crippen LogP contribution in [0.3, 0.4) is 0 Å². The first-order valence-corrected chi connectivity index (χ1v) is 6.07. The van der Waals surface area contributed by atoms with E-state index in [4.69, 9.17) is 4.74 Å². The third-order valence-corrected chi connectivity index (χ3v) is 2.99. The Hall–Kier alpha value is -1.70. The first-order valence-electron chi connectivity index (χ1n) is 6.07. The average molecular weight is 289 g/mol. The second-order valence-electron chi connectivity index (χ2n) is 4.55. The fourth-order valence-corrected chi connectivity index (χ4v) is 2.08. The van der Waals surface area contributed by atoms with Crippen molar-refractivity contribution >= 4 is 5.91 Å². The number of aromatic nitrogens is 2. The molecule has 2 rings (SSSR count). The highest BCUT2D eigenvalue weighted by Crippen LogP contribution is 2.30. The van der Waals surface area contributed by atoms with Gasteiger partial charge in [0, 0.05) is 19.2 Å². The lowest BCUT2D eigenvalue weighted by molar-refractivity contribution is -0.142. The number of morpholine rings is 1. The molecule has 1 aromatic heterocycles. The quantitative estimate of drug-likeness (QED) is 0.790. The van der Waals surface area contributed by atoms with Crippen molar-refractivity contribution in [3.8, 4) is 0 Å². The molecule has 110 valence electrons. The van der Waals surface area contributed by atoms with Crippen molar-refractivity contribution in [3.05, 3.63) is 23.3 Å². The molecule has 1 saturated heterocycles. The maximum absolute atomic E-state index is 12.8. The van der Waals surface area contributed by atoms with Crippen molar-refractivity contribution in [2.45, 2.75) is 26.1 Å². The minimum absolute atomic E-state index is 0.0350. The van der Waals surface area contributed by atoms with Gasteiger partial charge in [0.25, 0.3) is 0 Å². The van der Waals surface area contributed by atoms with Gasteiger partial charge in [0.2, 0.25) is 5.91 Å². The van der Waals surface area contributed by atoms with E-state index < -0.39 is 17.9 Å². The van der Waals surface area contributed by atoms with E-state index in [-0.39, 0.29) is 24.0 Å². The predicted molar refractivity (Wildman–Crippen MR) is 62.7 cm³/mol. The summed E-state index contributed by atoms with van der Waals surface area (Å²) in [7, 11) is 0. The number of amides is 1. The number of halogens is 3. The van der Waals surface area contributed by atoms with Gasteiger partial charge in [-0.15, -0.1) is 0 Å². The van der Waals surface area contributed by atoms with Gasteiger partial charge in [0.15, 0.2) is 5.82 Å². The molecule has 1 aliphatic rings. The summed E-state index contributed by atoms with van der Waals surface area (Å²) in [4.78, 5) is 20.5. The molecule has 5 nitrogen and oxygen atoms in total. The summed E-state index contributed by atoms with van der Waals surface area (Å²) in [5.74, 6) is -0.274. The van der Waals surface area contributed by atoms with Crippen LogP contribution < -0.4 is 0 Å². The van der Waals surface area contributed by atoms with Gasteiger partial charge in [-0.25, -0.2) is 9.97 Å². The summed E-state index contributed by atoms with van der Waals surface area (Å²) >= 11 is 0. The minimum atomic E-state index is -4.54. The molecule has 1 unspecified atom stereocenters. The van der Waals surface area contributed by atoms with Crippen molar-refractivity contribution in [1.29, 1.82) is 0 Å². The largest absolute Gasteiger partial charge is 0.433 e. The lowest BCUT2D eigenvalue weighted by atomic mass is 10.2. The van der Waals surface area contributed by atoms with Gasteiger partial charge in [-0.2, -0.15) is 13.2 Å². The van der Waals surface area contributed by atoms with E-state index in [9.17, 15) is 18.0 Å². The van der Waals surface area contributed by atoms with Crippen LogP contribution in [0.5, 0.6) is 0 Å². The van der Waals surface area contributed by atoms with Gasteiger partial charge in [-0.05, 0) is 13.0 Å². The molecule has 0 aliphatic carbocycles. The zero-order chi connectivity index (χ0) is 14.9. The number of ether oxygens (including phenoxy) is 1. The van der Waals surface area contributed by atoms with Gasteiger partial charge < -0.3 is 9.64 Å². The second kappa shape index (κ2) is 5.35. The lowest BCUT2D eigenvalue weighted by Crippen LogP contribution is -2.43. The lowest BCUT2D eigenvalue weighted by Gasteiger charge is -2.34. The number of hydrogen-bond acceptors (Lipinski definition) is 4. The zero-order valence-corrected chi connectivity index (χ0v) is 11.1. The highest BCUT2D eigenvalue weighted by Gasteiger charge is 2.36. The molecule has 0 N–H and O–H groups in total. The summed E-state index contributed by atoms with van der Waals surface area (Å²) in [6, 6.07) is 0.202. The van der Waals surface area contributed by atoms with Crippen molar-refractivity contribution < 1.29 is 22.7 Å². The maximum atomic E-state index is 12.8. The molecule has 1 fully saturated rings. The predicted octanol–water partition coefficient (Wildman–Crippen LogP) is 1.72. The first-order chi connectivity index (χ1) is 9.29. The highest BCUT2D eigenvalue weighted by atomic mass is 19.4. The number of alkyl halides is 3. The molecule has 0 bridgehead atoms. The van der Waals surface area contributed by atoms with Crippen LogP contribution in [0.2, 0.25) is 0 Å². The number of carbonyl (C=O) groups excluding carboxylic acids is 1. The van der Waals surface area contributed by atoms with Crippen LogP contribution >= 0.6 is 0 Å². The minimum Gasteiger partial charge on any atom is -0.377 e. The summed E-state index contributed by atoms with van der Waals surface area (Å²) in [5.41, 5.74) is -0.800. The van der Waals surface area contributed by atoms with Gasteiger partial charge >= 0.3 is 6.18 Å². The summed E-state index contributed by atoms with van der Waals surface area (Å²) in [5, 5.41) is 0. The van der Waals surface area contributed by atoms with Crippen molar-refractivity contribution in [2.75, 3.05) is 19.8 Å². The van der Waals surface area contributed by atoms with Crippen LogP contribution in [-0.4, -0.2) is 40.5 Å². The summed E-state index contributed by atoms with van der Waals surface area (Å²) < 4.78 is 43.5. The molecule has 0 saturated carbocycles. The van der Waals surface area contributed by atoms with Crippen LogP contribution in [0.4, 0.5) is 13.2 Å². The van der Waals surface area contributed by atoms with E-state index in [0.717, 1.165) is 6.07 Å². The summed E-state index contributed by atoms with van der Waals surface area (Å²) in [6.07, 6.45) is -4.54. The molecule has 2 heterocycles. The van der Waals surface area contributed by atoms with E-state index in [1.54, 1.807) is 0 Å². The molecule has 20 heavy (non-hydrogen) atoms. The standard InChI is InChI=1S/C12H14F3N3O2/c1-7-5-10(12(13,14)15)17-11(16-7)9-6-20-4-3-18(9)8(2)19/h5,9H,3-4,6H2,1-2H3. The third kappa shape index (κ3) is 3.06. The Kier molecular flexibility index (Phi) is 3.94. The molecule has 0 spiro atoms.